The number of carboxylic acids is 1. The number of phenolic OH excluding ortho intramolecular Hbond substituents is 1. The van der Waals surface area contributed by atoms with Gasteiger partial charge < -0.3 is 24.4 Å². The van der Waals surface area contributed by atoms with Crippen molar-refractivity contribution in [2.24, 2.45) is 0 Å². The first kappa shape index (κ1) is 20.8. The summed E-state index contributed by atoms with van der Waals surface area (Å²) in [5, 5.41) is 21.5. The molecule has 0 aromatic heterocycles. The number of anilines is 1. The third kappa shape index (κ3) is 5.75. The lowest BCUT2D eigenvalue weighted by atomic mass is 10.0. The predicted octanol–water partition coefficient (Wildman–Crippen LogP) is 3.35. The van der Waals surface area contributed by atoms with Crippen molar-refractivity contribution >= 4 is 17.7 Å². The van der Waals surface area contributed by atoms with Gasteiger partial charge in [-0.3, -0.25) is 5.32 Å². The monoisotopic (exact) mass is 387 g/mol. The van der Waals surface area contributed by atoms with Gasteiger partial charge in [-0.25, -0.2) is 9.59 Å². The zero-order valence-corrected chi connectivity index (χ0v) is 15.4. The van der Waals surface area contributed by atoms with Gasteiger partial charge in [0, 0.05) is 18.9 Å². The van der Waals surface area contributed by atoms with Crippen LogP contribution in [0.1, 0.15) is 11.7 Å². The first-order chi connectivity index (χ1) is 13.4. The predicted molar refractivity (Wildman–Crippen MR) is 102 cm³/mol. The molecule has 1 amide bonds. The van der Waals surface area contributed by atoms with Crippen LogP contribution in [0.2, 0.25) is 0 Å². The van der Waals surface area contributed by atoms with Crippen LogP contribution in [-0.2, 0) is 14.3 Å². The largest absolute Gasteiger partial charge is 0.504 e. The summed E-state index contributed by atoms with van der Waals surface area (Å²) < 4.78 is 15.8. The van der Waals surface area contributed by atoms with Crippen LogP contribution in [0, 0.1) is 0 Å². The molecule has 8 nitrogen and oxygen atoms in total. The van der Waals surface area contributed by atoms with Crippen molar-refractivity contribution in [3.63, 3.8) is 0 Å². The van der Waals surface area contributed by atoms with Crippen molar-refractivity contribution < 1.29 is 34.0 Å². The number of nitrogens with one attached hydrogen (secondary N) is 1. The van der Waals surface area contributed by atoms with Gasteiger partial charge in [0.2, 0.25) is 0 Å². The number of aliphatic carboxylic acids is 1. The van der Waals surface area contributed by atoms with Gasteiger partial charge in [0.25, 0.3) is 0 Å². The number of carboxylic acid groups (broad SMARTS) is 1. The standard InChI is InChI=1S/C20H21NO7/c1-26-16-9-8-13(12-15(16)22)19(17(27-2)10-11-18(23)24)28-20(25)21-14-6-4-3-5-7-14/h3-12,17,19,22H,1-2H3,(H,21,25)(H,23,24)/b11-10+/t17-,19-/m0/s1. The quantitative estimate of drug-likeness (QED) is 0.595. The van der Waals surface area contributed by atoms with Gasteiger partial charge in [-0.2, -0.15) is 0 Å². The highest BCUT2D eigenvalue weighted by Crippen LogP contribution is 2.33. The molecule has 0 aliphatic rings. The molecule has 28 heavy (non-hydrogen) atoms. The lowest BCUT2D eigenvalue weighted by molar-refractivity contribution is -0.131. The Morgan fingerprint density at radius 3 is 2.39 bits per heavy atom. The topological polar surface area (TPSA) is 114 Å². The van der Waals surface area contributed by atoms with E-state index in [4.69, 9.17) is 19.3 Å². The Kier molecular flexibility index (Phi) is 7.41. The van der Waals surface area contributed by atoms with Crippen molar-refractivity contribution in [1.29, 1.82) is 0 Å². The Balaban J connectivity index is 2.30. The van der Waals surface area contributed by atoms with Crippen LogP contribution >= 0.6 is 0 Å². The highest BCUT2D eigenvalue weighted by molar-refractivity contribution is 5.84. The summed E-state index contributed by atoms with van der Waals surface area (Å²) >= 11 is 0. The number of aromatic hydroxyl groups is 1. The molecule has 2 aromatic carbocycles. The number of ether oxygens (including phenoxy) is 3. The zero-order valence-electron chi connectivity index (χ0n) is 15.4. The second kappa shape index (κ2) is 9.98. The van der Waals surface area contributed by atoms with Crippen LogP contribution in [0.15, 0.2) is 60.7 Å². The summed E-state index contributed by atoms with van der Waals surface area (Å²) in [7, 11) is 2.76. The fourth-order valence-electron chi connectivity index (χ4n) is 2.47. The molecule has 148 valence electrons. The van der Waals surface area contributed by atoms with Crippen molar-refractivity contribution in [3.05, 3.63) is 66.2 Å². The molecule has 0 fully saturated rings. The summed E-state index contributed by atoms with van der Waals surface area (Å²) in [5.74, 6) is -1.09. The van der Waals surface area contributed by atoms with Crippen molar-refractivity contribution in [2.45, 2.75) is 12.2 Å². The number of rotatable bonds is 8. The van der Waals surface area contributed by atoms with E-state index in [1.807, 2.05) is 0 Å². The van der Waals surface area contributed by atoms with E-state index in [0.717, 1.165) is 6.08 Å². The van der Waals surface area contributed by atoms with E-state index in [1.165, 1.54) is 32.4 Å². The van der Waals surface area contributed by atoms with Crippen LogP contribution in [0.4, 0.5) is 10.5 Å². The average Bonchev–Trinajstić information content (AvgIpc) is 2.68. The number of methoxy groups -OCH3 is 2. The first-order valence-electron chi connectivity index (χ1n) is 8.28. The Morgan fingerprint density at radius 1 is 1.11 bits per heavy atom. The molecular weight excluding hydrogens is 366 g/mol. The third-order valence-electron chi connectivity index (χ3n) is 3.78. The Hall–Kier alpha value is -3.52. The summed E-state index contributed by atoms with van der Waals surface area (Å²) in [6.07, 6.45) is -0.559. The molecule has 0 bridgehead atoms. The summed E-state index contributed by atoms with van der Waals surface area (Å²) in [5.41, 5.74) is 0.919. The van der Waals surface area contributed by atoms with E-state index in [-0.39, 0.29) is 11.5 Å². The molecule has 0 radical (unpaired) electrons. The second-order valence-electron chi connectivity index (χ2n) is 5.65. The van der Waals surface area contributed by atoms with E-state index < -0.39 is 24.3 Å². The minimum Gasteiger partial charge on any atom is -0.504 e. The average molecular weight is 387 g/mol. The van der Waals surface area contributed by atoms with Gasteiger partial charge in [0.1, 0.15) is 6.10 Å². The minimum atomic E-state index is -1.17. The highest BCUT2D eigenvalue weighted by Gasteiger charge is 2.27. The lowest BCUT2D eigenvalue weighted by Crippen LogP contribution is -2.27. The number of carbonyl (C=O) groups is 2. The minimum absolute atomic E-state index is 0.158. The van der Waals surface area contributed by atoms with Gasteiger partial charge in [-0.1, -0.05) is 24.3 Å². The molecule has 0 heterocycles. The Bertz CT molecular complexity index is 836. The van der Waals surface area contributed by atoms with Crippen LogP contribution in [0.5, 0.6) is 11.5 Å². The molecule has 3 N–H and O–H groups in total. The Morgan fingerprint density at radius 2 is 1.82 bits per heavy atom. The maximum Gasteiger partial charge on any atom is 0.412 e. The number of phenols is 1. The number of para-hydroxylation sites is 1. The highest BCUT2D eigenvalue weighted by atomic mass is 16.6. The van der Waals surface area contributed by atoms with Gasteiger partial charge >= 0.3 is 12.1 Å². The van der Waals surface area contributed by atoms with Crippen LogP contribution < -0.4 is 10.1 Å². The molecule has 2 rings (SSSR count). The van der Waals surface area contributed by atoms with Gasteiger partial charge in [0.05, 0.1) is 7.11 Å². The summed E-state index contributed by atoms with van der Waals surface area (Å²) in [6, 6.07) is 13.1. The SMILES string of the molecule is COc1ccc([C@H](OC(=O)Nc2ccccc2)[C@H](/C=C/C(=O)O)OC)cc1O. The molecule has 2 aromatic rings. The third-order valence-corrected chi connectivity index (χ3v) is 3.78. The molecule has 0 saturated carbocycles. The molecule has 8 heteroatoms. The van der Waals surface area contributed by atoms with E-state index in [9.17, 15) is 14.7 Å². The molecule has 2 atom stereocenters. The zero-order chi connectivity index (χ0) is 20.5. The lowest BCUT2D eigenvalue weighted by Gasteiger charge is -2.24. The number of benzene rings is 2. The van der Waals surface area contributed by atoms with Crippen molar-refractivity contribution in [1.82, 2.24) is 0 Å². The normalized spacial score (nSPS) is 12.9. The van der Waals surface area contributed by atoms with E-state index >= 15 is 0 Å². The van der Waals surface area contributed by atoms with Gasteiger partial charge in [-0.15, -0.1) is 0 Å². The molecule has 0 aliphatic heterocycles. The fraction of sp³-hybridized carbons (Fsp3) is 0.200. The number of hydrogen-bond acceptors (Lipinski definition) is 6. The summed E-state index contributed by atoms with van der Waals surface area (Å²) in [4.78, 5) is 23.2. The van der Waals surface area contributed by atoms with Crippen molar-refractivity contribution in [2.75, 3.05) is 19.5 Å². The Labute approximate surface area is 162 Å². The maximum atomic E-state index is 12.3. The van der Waals surface area contributed by atoms with Gasteiger partial charge in [-0.05, 0) is 35.9 Å². The van der Waals surface area contributed by atoms with E-state index in [2.05, 4.69) is 5.32 Å². The second-order valence-corrected chi connectivity index (χ2v) is 5.65. The molecule has 0 aliphatic carbocycles. The van der Waals surface area contributed by atoms with Gasteiger partial charge in [0.15, 0.2) is 17.6 Å². The maximum absolute atomic E-state index is 12.3. The summed E-state index contributed by atoms with van der Waals surface area (Å²) in [6.45, 7) is 0. The molecule has 0 unspecified atom stereocenters. The fourth-order valence-corrected chi connectivity index (χ4v) is 2.47. The molecular formula is C20H21NO7. The van der Waals surface area contributed by atoms with Crippen LogP contribution in [-0.4, -0.2) is 42.6 Å². The number of carbonyl (C=O) groups excluding carboxylic acids is 1. The molecule has 0 saturated heterocycles. The van der Waals surface area contributed by atoms with Crippen LogP contribution in [0.3, 0.4) is 0 Å². The smallest absolute Gasteiger partial charge is 0.412 e. The van der Waals surface area contributed by atoms with Crippen LogP contribution in [0.25, 0.3) is 0 Å². The number of hydrogen-bond donors (Lipinski definition) is 3. The van der Waals surface area contributed by atoms with E-state index in [0.29, 0.717) is 11.3 Å². The number of amides is 1. The molecule has 0 spiro atoms. The van der Waals surface area contributed by atoms with E-state index in [1.54, 1.807) is 36.4 Å². The van der Waals surface area contributed by atoms with Crippen molar-refractivity contribution in [3.8, 4) is 11.5 Å². The first-order valence-corrected chi connectivity index (χ1v) is 8.28.